The Labute approximate surface area is 170 Å². The molecular weight excluding hydrogens is 402 g/mol. The van der Waals surface area contributed by atoms with Crippen molar-refractivity contribution < 1.29 is 22.4 Å². The molecule has 1 saturated carbocycles. The Bertz CT molecular complexity index is 1070. The molecule has 4 rings (SSSR count). The van der Waals surface area contributed by atoms with Crippen LogP contribution in [-0.2, 0) is 4.79 Å². The first-order valence-electron chi connectivity index (χ1n) is 9.81. The summed E-state index contributed by atoms with van der Waals surface area (Å²) in [6.45, 7) is 4.40. The van der Waals surface area contributed by atoms with E-state index in [-0.39, 0.29) is 24.1 Å². The number of amides is 1. The average molecular weight is 423 g/mol. The van der Waals surface area contributed by atoms with E-state index in [2.05, 4.69) is 6.58 Å². The molecule has 0 bridgehead atoms. The minimum atomic E-state index is -4.93. The number of hydrogen-bond donors (Lipinski definition) is 1. The van der Waals surface area contributed by atoms with Crippen molar-refractivity contribution in [3.05, 3.63) is 46.5 Å². The van der Waals surface area contributed by atoms with Gasteiger partial charge >= 0.3 is 12.1 Å². The van der Waals surface area contributed by atoms with E-state index >= 15 is 4.39 Å². The fraction of sp³-hybridized carbons (Fsp3) is 0.429. The van der Waals surface area contributed by atoms with Crippen LogP contribution in [0.25, 0.3) is 17.0 Å². The van der Waals surface area contributed by atoms with Gasteiger partial charge in [-0.15, -0.1) is 0 Å². The Morgan fingerprint density at radius 1 is 1.27 bits per heavy atom. The minimum absolute atomic E-state index is 0.0853. The first-order chi connectivity index (χ1) is 14.2. The molecule has 1 atom stereocenters. The SMILES string of the molecule is C=Cc1c(N2CCC(CNC(=O)C(F)(F)F)C2)c(F)cc2ccc(=O)n(C3CC3)c12. The normalized spacial score (nSPS) is 19.3. The summed E-state index contributed by atoms with van der Waals surface area (Å²) in [4.78, 5) is 25.3. The topological polar surface area (TPSA) is 54.3 Å². The minimum Gasteiger partial charge on any atom is -0.368 e. The van der Waals surface area contributed by atoms with Crippen LogP contribution in [0.15, 0.2) is 29.6 Å². The molecule has 30 heavy (non-hydrogen) atoms. The highest BCUT2D eigenvalue weighted by molar-refractivity contribution is 5.94. The van der Waals surface area contributed by atoms with Crippen LogP contribution in [0.2, 0.25) is 0 Å². The van der Waals surface area contributed by atoms with Crippen LogP contribution in [-0.4, -0.2) is 36.3 Å². The first kappa shape index (κ1) is 20.4. The highest BCUT2D eigenvalue weighted by Gasteiger charge is 2.39. The number of anilines is 1. The summed E-state index contributed by atoms with van der Waals surface area (Å²) in [5.41, 5.74) is 1.28. The number of aromatic nitrogens is 1. The Morgan fingerprint density at radius 3 is 2.63 bits per heavy atom. The number of nitrogens with one attached hydrogen (secondary N) is 1. The maximum atomic E-state index is 15.1. The number of fused-ring (bicyclic) bond motifs is 1. The monoisotopic (exact) mass is 423 g/mol. The van der Waals surface area contributed by atoms with Gasteiger partial charge < -0.3 is 14.8 Å². The molecule has 160 valence electrons. The van der Waals surface area contributed by atoms with E-state index in [1.807, 2.05) is 5.32 Å². The second-order valence-electron chi connectivity index (χ2n) is 7.84. The van der Waals surface area contributed by atoms with Crippen molar-refractivity contribution in [3.8, 4) is 0 Å². The molecule has 5 nitrogen and oxygen atoms in total. The average Bonchev–Trinajstić information content (AvgIpc) is 3.42. The molecule has 1 unspecified atom stereocenters. The van der Waals surface area contributed by atoms with E-state index in [0.717, 1.165) is 12.8 Å². The lowest BCUT2D eigenvalue weighted by Gasteiger charge is -2.24. The lowest BCUT2D eigenvalue weighted by Crippen LogP contribution is -2.39. The number of rotatable bonds is 5. The second kappa shape index (κ2) is 7.45. The Morgan fingerprint density at radius 2 is 2.00 bits per heavy atom. The van der Waals surface area contributed by atoms with E-state index in [4.69, 9.17) is 0 Å². The van der Waals surface area contributed by atoms with Crippen LogP contribution in [0.3, 0.4) is 0 Å². The quantitative estimate of drug-likeness (QED) is 0.748. The smallest absolute Gasteiger partial charge is 0.368 e. The van der Waals surface area contributed by atoms with Crippen LogP contribution in [0, 0.1) is 11.7 Å². The molecule has 1 aliphatic heterocycles. The van der Waals surface area contributed by atoms with Gasteiger partial charge in [0.25, 0.3) is 5.56 Å². The van der Waals surface area contributed by atoms with Gasteiger partial charge in [-0.2, -0.15) is 13.2 Å². The van der Waals surface area contributed by atoms with Gasteiger partial charge in [0.05, 0.1) is 11.2 Å². The number of hydrogen-bond acceptors (Lipinski definition) is 3. The van der Waals surface area contributed by atoms with Crippen LogP contribution >= 0.6 is 0 Å². The van der Waals surface area contributed by atoms with Gasteiger partial charge in [0.1, 0.15) is 5.82 Å². The van der Waals surface area contributed by atoms with Gasteiger partial charge in [0.15, 0.2) is 0 Å². The molecule has 2 aliphatic rings. The number of pyridine rings is 1. The molecule has 9 heteroatoms. The molecular formula is C21H21F4N3O2. The van der Waals surface area contributed by atoms with Crippen molar-refractivity contribution in [2.24, 2.45) is 5.92 Å². The second-order valence-corrected chi connectivity index (χ2v) is 7.84. The lowest BCUT2D eigenvalue weighted by atomic mass is 10.0. The number of carbonyl (C=O) groups is 1. The summed E-state index contributed by atoms with van der Waals surface area (Å²) < 4.78 is 53.9. The van der Waals surface area contributed by atoms with Gasteiger partial charge in [-0.25, -0.2) is 4.39 Å². The van der Waals surface area contributed by atoms with Crippen molar-refractivity contribution in [1.82, 2.24) is 9.88 Å². The summed E-state index contributed by atoms with van der Waals surface area (Å²) in [6, 6.07) is 4.49. The summed E-state index contributed by atoms with van der Waals surface area (Å²) in [5.74, 6) is -2.69. The molecule has 1 amide bonds. The Hall–Kier alpha value is -2.84. The van der Waals surface area contributed by atoms with Crippen molar-refractivity contribution in [2.45, 2.75) is 31.5 Å². The molecule has 0 radical (unpaired) electrons. The molecule has 1 aromatic carbocycles. The van der Waals surface area contributed by atoms with E-state index in [1.165, 1.54) is 18.2 Å². The summed E-state index contributed by atoms with van der Waals surface area (Å²) in [5, 5.41) is 2.50. The van der Waals surface area contributed by atoms with Crippen molar-refractivity contribution in [1.29, 1.82) is 0 Å². The highest BCUT2D eigenvalue weighted by atomic mass is 19.4. The largest absolute Gasteiger partial charge is 0.471 e. The van der Waals surface area contributed by atoms with Crippen molar-refractivity contribution >= 4 is 28.6 Å². The zero-order chi connectivity index (χ0) is 21.6. The van der Waals surface area contributed by atoms with Gasteiger partial charge in [-0.05, 0) is 37.3 Å². The van der Waals surface area contributed by atoms with E-state index in [0.29, 0.717) is 41.7 Å². The first-order valence-corrected chi connectivity index (χ1v) is 9.81. The number of alkyl halides is 3. The number of benzene rings is 1. The molecule has 1 N–H and O–H groups in total. The number of carbonyl (C=O) groups excluding carboxylic acids is 1. The van der Waals surface area contributed by atoms with E-state index in [1.54, 1.807) is 15.5 Å². The lowest BCUT2D eigenvalue weighted by molar-refractivity contribution is -0.173. The fourth-order valence-electron chi connectivity index (χ4n) is 4.17. The van der Waals surface area contributed by atoms with Crippen molar-refractivity contribution in [3.63, 3.8) is 0 Å². The predicted molar refractivity (Wildman–Crippen MR) is 106 cm³/mol. The molecule has 0 spiro atoms. The third-order valence-electron chi connectivity index (χ3n) is 5.70. The predicted octanol–water partition coefficient (Wildman–Crippen LogP) is 3.62. The zero-order valence-electron chi connectivity index (χ0n) is 16.1. The van der Waals surface area contributed by atoms with Gasteiger partial charge in [0.2, 0.25) is 0 Å². The summed E-state index contributed by atoms with van der Waals surface area (Å²) >= 11 is 0. The van der Waals surface area contributed by atoms with Crippen LogP contribution in [0.4, 0.5) is 23.2 Å². The van der Waals surface area contributed by atoms with Gasteiger partial charge in [-0.1, -0.05) is 12.7 Å². The molecule has 2 fully saturated rings. The van der Waals surface area contributed by atoms with Gasteiger partial charge in [0, 0.05) is 42.7 Å². The number of halogens is 4. The Balaban J connectivity index is 1.66. The highest BCUT2D eigenvalue weighted by Crippen LogP contribution is 2.40. The molecule has 2 aromatic rings. The Kier molecular flexibility index (Phi) is 5.07. The summed E-state index contributed by atoms with van der Waals surface area (Å²) in [7, 11) is 0. The van der Waals surface area contributed by atoms with Crippen LogP contribution < -0.4 is 15.8 Å². The third kappa shape index (κ3) is 3.68. The fourth-order valence-corrected chi connectivity index (χ4v) is 4.17. The zero-order valence-corrected chi connectivity index (χ0v) is 16.1. The molecule has 1 aliphatic carbocycles. The van der Waals surface area contributed by atoms with Crippen molar-refractivity contribution in [2.75, 3.05) is 24.5 Å². The standard InChI is InChI=1S/C21H21F4N3O2/c1-2-15-18-13(3-6-17(29)28(18)14-4-5-14)9-16(22)19(15)27-8-7-12(11-27)10-26-20(30)21(23,24)25/h2-3,6,9,12,14H,1,4-5,7-8,10-11H2,(H,26,30). The van der Waals surface area contributed by atoms with E-state index in [9.17, 15) is 22.8 Å². The molecule has 1 saturated heterocycles. The maximum absolute atomic E-state index is 15.1. The molecule has 1 aromatic heterocycles. The van der Waals surface area contributed by atoms with Crippen LogP contribution in [0.5, 0.6) is 0 Å². The third-order valence-corrected chi connectivity index (χ3v) is 5.70. The van der Waals surface area contributed by atoms with Gasteiger partial charge in [-0.3, -0.25) is 9.59 Å². The summed E-state index contributed by atoms with van der Waals surface area (Å²) in [6.07, 6.45) is -1.13. The molecule has 2 heterocycles. The van der Waals surface area contributed by atoms with Crippen LogP contribution in [0.1, 0.15) is 30.9 Å². The maximum Gasteiger partial charge on any atom is 0.471 e. The van der Waals surface area contributed by atoms with E-state index < -0.39 is 17.9 Å². The number of nitrogens with zero attached hydrogens (tertiary/aromatic N) is 2.